The molecule has 3 heterocycles. The SMILES string of the molecule is COc1cc(S(=O)c2cn(C)c3ccccc23)cc2c3c(oc12)CCNC3. The van der Waals surface area contributed by atoms with Gasteiger partial charge in [0.25, 0.3) is 0 Å². The Morgan fingerprint density at radius 2 is 2.07 bits per heavy atom. The van der Waals surface area contributed by atoms with Crippen molar-refractivity contribution >= 4 is 32.7 Å². The number of aromatic nitrogens is 1. The average molecular weight is 380 g/mol. The fourth-order valence-electron chi connectivity index (χ4n) is 3.89. The second-order valence-corrected chi connectivity index (χ2v) is 8.27. The first-order chi connectivity index (χ1) is 13.2. The van der Waals surface area contributed by atoms with Gasteiger partial charge >= 0.3 is 0 Å². The van der Waals surface area contributed by atoms with Gasteiger partial charge in [-0.1, -0.05) is 18.2 Å². The number of ether oxygens (including phenoxy) is 1. The Kier molecular flexibility index (Phi) is 3.84. The normalized spacial score (nSPS) is 15.2. The van der Waals surface area contributed by atoms with E-state index >= 15 is 0 Å². The molecule has 27 heavy (non-hydrogen) atoms. The van der Waals surface area contributed by atoms with Gasteiger partial charge in [0.15, 0.2) is 11.3 Å². The summed E-state index contributed by atoms with van der Waals surface area (Å²) >= 11 is 0. The van der Waals surface area contributed by atoms with Gasteiger partial charge in [0, 0.05) is 65.6 Å². The van der Waals surface area contributed by atoms with E-state index in [1.807, 2.05) is 54.2 Å². The molecule has 0 bridgehead atoms. The van der Waals surface area contributed by atoms with Crippen molar-refractivity contribution in [3.63, 3.8) is 0 Å². The summed E-state index contributed by atoms with van der Waals surface area (Å²) in [6.07, 6.45) is 2.80. The highest BCUT2D eigenvalue weighted by molar-refractivity contribution is 7.85. The predicted octanol–water partition coefficient (Wildman–Crippen LogP) is 3.75. The van der Waals surface area contributed by atoms with Crippen LogP contribution in [0.15, 0.2) is 56.8 Å². The van der Waals surface area contributed by atoms with Crippen LogP contribution >= 0.6 is 0 Å². The van der Waals surface area contributed by atoms with E-state index in [2.05, 4.69) is 5.32 Å². The molecule has 0 spiro atoms. The van der Waals surface area contributed by atoms with E-state index < -0.39 is 10.8 Å². The molecule has 0 fully saturated rings. The Labute approximate surface area is 159 Å². The summed E-state index contributed by atoms with van der Waals surface area (Å²) in [6.45, 7) is 1.67. The smallest absolute Gasteiger partial charge is 0.176 e. The van der Waals surface area contributed by atoms with Gasteiger partial charge in [-0.05, 0) is 12.1 Å². The number of para-hydroxylation sites is 1. The number of nitrogens with zero attached hydrogens (tertiary/aromatic N) is 1. The Bertz CT molecular complexity index is 1210. The van der Waals surface area contributed by atoms with Crippen LogP contribution in [0.1, 0.15) is 11.3 Å². The monoisotopic (exact) mass is 380 g/mol. The minimum Gasteiger partial charge on any atom is -0.493 e. The number of fused-ring (bicyclic) bond motifs is 4. The summed E-state index contributed by atoms with van der Waals surface area (Å²) in [5.41, 5.74) is 2.95. The largest absolute Gasteiger partial charge is 0.493 e. The van der Waals surface area contributed by atoms with Crippen molar-refractivity contribution in [2.45, 2.75) is 22.8 Å². The molecule has 4 aromatic rings. The molecule has 6 heteroatoms. The van der Waals surface area contributed by atoms with E-state index in [0.717, 1.165) is 62.5 Å². The summed E-state index contributed by atoms with van der Waals surface area (Å²) in [4.78, 5) is 1.54. The molecule has 1 unspecified atom stereocenters. The van der Waals surface area contributed by atoms with Gasteiger partial charge in [-0.2, -0.15) is 0 Å². The molecule has 0 aliphatic carbocycles. The lowest BCUT2D eigenvalue weighted by Gasteiger charge is -2.11. The highest BCUT2D eigenvalue weighted by Gasteiger charge is 2.23. The molecule has 0 saturated heterocycles. The van der Waals surface area contributed by atoms with Gasteiger partial charge in [0.1, 0.15) is 5.76 Å². The van der Waals surface area contributed by atoms with Crippen LogP contribution in [0.2, 0.25) is 0 Å². The molecular formula is C21H20N2O3S. The van der Waals surface area contributed by atoms with Crippen LogP contribution in [-0.2, 0) is 30.8 Å². The molecule has 0 saturated carbocycles. The molecule has 1 aliphatic rings. The fraction of sp³-hybridized carbons (Fsp3) is 0.238. The van der Waals surface area contributed by atoms with Crippen LogP contribution in [0.5, 0.6) is 5.75 Å². The van der Waals surface area contributed by atoms with Crippen molar-refractivity contribution in [1.82, 2.24) is 9.88 Å². The molecule has 0 radical (unpaired) electrons. The summed E-state index contributed by atoms with van der Waals surface area (Å²) < 4.78 is 27.1. The number of benzene rings is 2. The predicted molar refractivity (Wildman–Crippen MR) is 106 cm³/mol. The van der Waals surface area contributed by atoms with Gasteiger partial charge in [-0.3, -0.25) is 0 Å². The molecule has 138 valence electrons. The van der Waals surface area contributed by atoms with Crippen molar-refractivity contribution in [1.29, 1.82) is 0 Å². The van der Waals surface area contributed by atoms with Crippen molar-refractivity contribution in [3.05, 3.63) is 53.9 Å². The van der Waals surface area contributed by atoms with Crippen LogP contribution in [0.3, 0.4) is 0 Å². The first-order valence-electron chi connectivity index (χ1n) is 8.96. The Morgan fingerprint density at radius 1 is 1.22 bits per heavy atom. The van der Waals surface area contributed by atoms with Gasteiger partial charge < -0.3 is 19.0 Å². The van der Waals surface area contributed by atoms with Gasteiger partial charge in [-0.25, -0.2) is 4.21 Å². The van der Waals surface area contributed by atoms with Gasteiger partial charge in [0.05, 0.1) is 22.8 Å². The molecule has 1 atom stereocenters. The number of furan rings is 1. The molecule has 5 nitrogen and oxygen atoms in total. The quantitative estimate of drug-likeness (QED) is 0.588. The maximum Gasteiger partial charge on any atom is 0.176 e. The highest BCUT2D eigenvalue weighted by atomic mass is 32.2. The third kappa shape index (κ3) is 2.51. The van der Waals surface area contributed by atoms with E-state index in [9.17, 15) is 4.21 Å². The summed E-state index contributed by atoms with van der Waals surface area (Å²) in [5.74, 6) is 1.63. The maximum atomic E-state index is 13.5. The Morgan fingerprint density at radius 3 is 2.93 bits per heavy atom. The third-order valence-electron chi connectivity index (χ3n) is 5.24. The van der Waals surface area contributed by atoms with E-state index in [0.29, 0.717) is 5.75 Å². The Balaban J connectivity index is 1.71. The summed E-state index contributed by atoms with van der Waals surface area (Å²) in [6, 6.07) is 11.9. The second kappa shape index (κ2) is 6.25. The molecule has 2 aromatic carbocycles. The maximum absolute atomic E-state index is 13.5. The van der Waals surface area contributed by atoms with Gasteiger partial charge in [0.2, 0.25) is 0 Å². The number of aryl methyl sites for hydroxylation is 1. The lowest BCUT2D eigenvalue weighted by atomic mass is 10.1. The topological polar surface area (TPSA) is 56.4 Å². The average Bonchev–Trinajstić information content (AvgIpc) is 3.25. The van der Waals surface area contributed by atoms with Crippen molar-refractivity contribution < 1.29 is 13.4 Å². The van der Waals surface area contributed by atoms with Crippen LogP contribution < -0.4 is 10.1 Å². The number of nitrogens with one attached hydrogen (secondary N) is 1. The first kappa shape index (κ1) is 16.6. The molecule has 0 amide bonds. The number of methoxy groups -OCH3 is 1. The number of hydrogen-bond acceptors (Lipinski definition) is 4. The molecule has 1 N–H and O–H groups in total. The van der Waals surface area contributed by atoms with Crippen LogP contribution in [0.4, 0.5) is 0 Å². The summed E-state index contributed by atoms with van der Waals surface area (Å²) in [5, 5.41) is 5.38. The van der Waals surface area contributed by atoms with Gasteiger partial charge in [-0.15, -0.1) is 0 Å². The zero-order valence-corrected chi connectivity index (χ0v) is 16.1. The highest BCUT2D eigenvalue weighted by Crippen LogP contribution is 2.38. The molecule has 5 rings (SSSR count). The minimum absolute atomic E-state index is 0.630. The zero-order valence-electron chi connectivity index (χ0n) is 15.2. The Hall–Kier alpha value is -2.57. The number of rotatable bonds is 3. The van der Waals surface area contributed by atoms with Crippen LogP contribution in [0, 0.1) is 0 Å². The van der Waals surface area contributed by atoms with Crippen molar-refractivity contribution in [2.24, 2.45) is 7.05 Å². The van der Waals surface area contributed by atoms with E-state index in [-0.39, 0.29) is 0 Å². The van der Waals surface area contributed by atoms with E-state index in [4.69, 9.17) is 9.15 Å². The van der Waals surface area contributed by atoms with Crippen LogP contribution in [0.25, 0.3) is 21.9 Å². The van der Waals surface area contributed by atoms with Crippen molar-refractivity contribution in [3.8, 4) is 5.75 Å². The molecule has 2 aromatic heterocycles. The summed E-state index contributed by atoms with van der Waals surface area (Å²) in [7, 11) is 2.29. The van der Waals surface area contributed by atoms with Crippen LogP contribution in [-0.4, -0.2) is 22.4 Å². The standard InChI is InChI=1S/C21H20N2O3S/c1-23-12-20(14-5-3-4-6-17(14)23)27(24)13-9-15-16-11-22-8-7-18(16)26-21(15)19(10-13)25-2/h3-6,9-10,12,22H,7-8,11H2,1-2H3. The number of hydrogen-bond donors (Lipinski definition) is 1. The van der Waals surface area contributed by atoms with E-state index in [1.165, 1.54) is 0 Å². The lowest BCUT2D eigenvalue weighted by molar-refractivity contribution is 0.405. The molecule has 1 aliphatic heterocycles. The third-order valence-corrected chi connectivity index (χ3v) is 6.63. The second-order valence-electron chi connectivity index (χ2n) is 6.82. The van der Waals surface area contributed by atoms with Crippen molar-refractivity contribution in [2.75, 3.05) is 13.7 Å². The first-order valence-corrected chi connectivity index (χ1v) is 10.1. The van der Waals surface area contributed by atoms with E-state index in [1.54, 1.807) is 7.11 Å². The molecular weight excluding hydrogens is 360 g/mol. The lowest BCUT2D eigenvalue weighted by Crippen LogP contribution is -2.22. The minimum atomic E-state index is -1.32. The fourth-order valence-corrected chi connectivity index (χ4v) is 5.21. The zero-order chi connectivity index (χ0) is 18.5.